The van der Waals surface area contributed by atoms with Crippen LogP contribution in [-0.4, -0.2) is 35.6 Å². The second-order valence-corrected chi connectivity index (χ2v) is 8.51. The van der Waals surface area contributed by atoms with Crippen LogP contribution in [0.3, 0.4) is 0 Å². The summed E-state index contributed by atoms with van der Waals surface area (Å²) in [6.07, 6.45) is 1.55. The number of hydrogen-bond acceptors (Lipinski definition) is 6. The SMILES string of the molecule is COCOc1ccc(F)cc1[C@H](C(=O)Nc1nccs1)N1Cc2ccc(Br)cc2C1=O. The Labute approximate surface area is 189 Å². The molecule has 1 aromatic heterocycles. The van der Waals surface area contributed by atoms with Gasteiger partial charge in [-0.05, 0) is 35.9 Å². The van der Waals surface area contributed by atoms with E-state index in [1.54, 1.807) is 17.6 Å². The maximum atomic E-state index is 14.2. The van der Waals surface area contributed by atoms with Crippen molar-refractivity contribution >= 4 is 44.2 Å². The van der Waals surface area contributed by atoms with Gasteiger partial charge >= 0.3 is 0 Å². The number of amides is 2. The molecule has 0 unspecified atom stereocenters. The molecule has 0 saturated heterocycles. The third-order valence-electron chi connectivity index (χ3n) is 4.73. The molecule has 1 aliphatic rings. The third kappa shape index (κ3) is 4.46. The molecule has 10 heteroatoms. The molecule has 1 aliphatic heterocycles. The summed E-state index contributed by atoms with van der Waals surface area (Å²) in [7, 11) is 1.45. The highest BCUT2D eigenvalue weighted by atomic mass is 79.9. The van der Waals surface area contributed by atoms with Crippen molar-refractivity contribution in [3.05, 3.63) is 75.0 Å². The normalized spacial score (nSPS) is 13.8. The fourth-order valence-corrected chi connectivity index (χ4v) is 4.29. The first-order valence-electron chi connectivity index (χ1n) is 9.19. The fourth-order valence-electron chi connectivity index (χ4n) is 3.40. The van der Waals surface area contributed by atoms with Gasteiger partial charge in [0.2, 0.25) is 0 Å². The molecular weight excluding hydrogens is 489 g/mol. The molecule has 0 radical (unpaired) electrons. The fraction of sp³-hybridized carbons (Fsp3) is 0.190. The summed E-state index contributed by atoms with van der Waals surface area (Å²) in [5.41, 5.74) is 1.47. The number of nitrogens with one attached hydrogen (secondary N) is 1. The zero-order valence-electron chi connectivity index (χ0n) is 16.3. The first kappa shape index (κ1) is 21.4. The first-order valence-corrected chi connectivity index (χ1v) is 10.9. The van der Waals surface area contributed by atoms with Gasteiger partial charge in [-0.2, -0.15) is 0 Å². The number of carbonyl (C=O) groups is 2. The number of nitrogens with zero attached hydrogens (tertiary/aromatic N) is 2. The molecule has 3 aromatic rings. The molecule has 7 nitrogen and oxygen atoms in total. The predicted octanol–water partition coefficient (Wildman–Crippen LogP) is 4.36. The number of rotatable bonds is 7. The van der Waals surface area contributed by atoms with E-state index in [1.807, 2.05) is 12.1 Å². The van der Waals surface area contributed by atoms with E-state index in [-0.39, 0.29) is 30.6 Å². The van der Waals surface area contributed by atoms with Crippen LogP contribution in [-0.2, 0) is 16.1 Å². The second-order valence-electron chi connectivity index (χ2n) is 6.70. The van der Waals surface area contributed by atoms with Gasteiger partial charge in [-0.15, -0.1) is 11.3 Å². The van der Waals surface area contributed by atoms with E-state index < -0.39 is 17.8 Å². The van der Waals surface area contributed by atoms with Gasteiger partial charge in [-0.25, -0.2) is 9.37 Å². The van der Waals surface area contributed by atoms with Crippen molar-refractivity contribution in [3.8, 4) is 5.75 Å². The highest BCUT2D eigenvalue weighted by Crippen LogP contribution is 2.37. The van der Waals surface area contributed by atoms with Crippen LogP contribution in [0.1, 0.15) is 27.5 Å². The van der Waals surface area contributed by atoms with E-state index in [0.717, 1.165) is 10.0 Å². The van der Waals surface area contributed by atoms with Crippen LogP contribution in [0.15, 0.2) is 52.4 Å². The van der Waals surface area contributed by atoms with Gasteiger partial charge in [0.05, 0.1) is 0 Å². The molecule has 31 heavy (non-hydrogen) atoms. The molecule has 1 atom stereocenters. The van der Waals surface area contributed by atoms with E-state index in [9.17, 15) is 14.0 Å². The van der Waals surface area contributed by atoms with Crippen LogP contribution in [0.2, 0.25) is 0 Å². The summed E-state index contributed by atoms with van der Waals surface area (Å²) in [5, 5.41) is 4.80. The van der Waals surface area contributed by atoms with Crippen LogP contribution in [0.4, 0.5) is 9.52 Å². The summed E-state index contributed by atoms with van der Waals surface area (Å²) < 4.78 is 25.5. The molecule has 0 fully saturated rings. The van der Waals surface area contributed by atoms with Crippen molar-refractivity contribution in [2.75, 3.05) is 19.2 Å². The van der Waals surface area contributed by atoms with Crippen LogP contribution in [0, 0.1) is 5.82 Å². The van der Waals surface area contributed by atoms with Crippen molar-refractivity contribution in [1.29, 1.82) is 0 Å². The number of halogens is 2. The monoisotopic (exact) mass is 505 g/mol. The molecular formula is C21H17BrFN3O4S. The number of aromatic nitrogens is 1. The average molecular weight is 506 g/mol. The average Bonchev–Trinajstić information content (AvgIpc) is 3.36. The molecule has 0 bridgehead atoms. The summed E-state index contributed by atoms with van der Waals surface area (Å²) >= 11 is 4.61. The Bertz CT molecular complexity index is 1130. The first-order chi connectivity index (χ1) is 15.0. The minimum Gasteiger partial charge on any atom is -0.467 e. The molecule has 0 aliphatic carbocycles. The predicted molar refractivity (Wildman–Crippen MR) is 116 cm³/mol. The Hall–Kier alpha value is -2.82. The van der Waals surface area contributed by atoms with Gasteiger partial charge in [0.1, 0.15) is 17.6 Å². The van der Waals surface area contributed by atoms with Gasteiger partial charge in [-0.1, -0.05) is 22.0 Å². The van der Waals surface area contributed by atoms with Crippen LogP contribution in [0.25, 0.3) is 0 Å². The Morgan fingerprint density at radius 2 is 2.19 bits per heavy atom. The van der Waals surface area contributed by atoms with Gasteiger partial charge in [0.25, 0.3) is 11.8 Å². The lowest BCUT2D eigenvalue weighted by molar-refractivity contribution is -0.121. The van der Waals surface area contributed by atoms with Gasteiger partial charge < -0.3 is 14.4 Å². The summed E-state index contributed by atoms with van der Waals surface area (Å²) in [6, 6.07) is 8.05. The number of benzene rings is 2. The molecule has 2 aromatic carbocycles. The van der Waals surface area contributed by atoms with E-state index in [2.05, 4.69) is 26.2 Å². The van der Waals surface area contributed by atoms with E-state index >= 15 is 0 Å². The number of fused-ring (bicyclic) bond motifs is 1. The maximum Gasteiger partial charge on any atom is 0.255 e. The number of carbonyl (C=O) groups excluding carboxylic acids is 2. The number of anilines is 1. The molecule has 160 valence electrons. The van der Waals surface area contributed by atoms with Crippen molar-refractivity contribution < 1.29 is 23.5 Å². The quantitative estimate of drug-likeness (QED) is 0.482. The number of methoxy groups -OCH3 is 1. The van der Waals surface area contributed by atoms with Gasteiger partial charge in [0, 0.05) is 40.8 Å². The van der Waals surface area contributed by atoms with Crippen LogP contribution < -0.4 is 10.1 Å². The standard InChI is InChI=1S/C21H17BrFN3O4S/c1-29-11-30-17-5-4-14(23)9-16(17)18(19(27)25-21-24-6-7-31-21)26-10-12-2-3-13(22)8-15(12)20(26)28/h2-9,18H,10-11H2,1H3,(H,24,25,27)/t18-/m1/s1. The lowest BCUT2D eigenvalue weighted by Crippen LogP contribution is -2.38. The van der Waals surface area contributed by atoms with Crippen molar-refractivity contribution in [3.63, 3.8) is 0 Å². The highest BCUT2D eigenvalue weighted by Gasteiger charge is 2.39. The third-order valence-corrected chi connectivity index (χ3v) is 5.91. The zero-order valence-corrected chi connectivity index (χ0v) is 18.7. The Morgan fingerprint density at radius 1 is 1.35 bits per heavy atom. The summed E-state index contributed by atoms with van der Waals surface area (Å²) in [4.78, 5) is 32.0. The van der Waals surface area contributed by atoms with Gasteiger partial charge in [0.15, 0.2) is 11.9 Å². The molecule has 0 spiro atoms. The second kappa shape index (κ2) is 9.13. The number of thiazole rings is 1. The van der Waals surface area contributed by atoms with Crippen molar-refractivity contribution in [2.45, 2.75) is 12.6 Å². The van der Waals surface area contributed by atoms with Crippen molar-refractivity contribution in [1.82, 2.24) is 9.88 Å². The minimum absolute atomic E-state index is 0.0967. The topological polar surface area (TPSA) is 80.8 Å². The van der Waals surface area contributed by atoms with Crippen LogP contribution >= 0.6 is 27.3 Å². The Balaban J connectivity index is 1.77. The van der Waals surface area contributed by atoms with Crippen LogP contribution in [0.5, 0.6) is 5.75 Å². The molecule has 0 saturated carbocycles. The van der Waals surface area contributed by atoms with E-state index in [1.165, 1.54) is 41.5 Å². The van der Waals surface area contributed by atoms with E-state index in [4.69, 9.17) is 9.47 Å². The van der Waals surface area contributed by atoms with E-state index in [0.29, 0.717) is 10.7 Å². The van der Waals surface area contributed by atoms with Crippen molar-refractivity contribution in [2.24, 2.45) is 0 Å². The molecule has 1 N–H and O–H groups in total. The lowest BCUT2D eigenvalue weighted by Gasteiger charge is -2.28. The maximum absolute atomic E-state index is 14.2. The van der Waals surface area contributed by atoms with Gasteiger partial charge in [-0.3, -0.25) is 14.9 Å². The molecule has 2 amide bonds. The smallest absolute Gasteiger partial charge is 0.255 e. The molecule has 2 heterocycles. The Kier molecular flexibility index (Phi) is 6.30. The zero-order chi connectivity index (χ0) is 22.0. The summed E-state index contributed by atoms with van der Waals surface area (Å²) in [6.45, 7) is 0.0954. The largest absolute Gasteiger partial charge is 0.467 e. The highest BCUT2D eigenvalue weighted by molar-refractivity contribution is 9.10. The lowest BCUT2D eigenvalue weighted by atomic mass is 10.0. The number of ether oxygens (including phenoxy) is 2. The molecule has 4 rings (SSSR count). The summed E-state index contributed by atoms with van der Waals surface area (Å²) in [5.74, 6) is -1.17. The Morgan fingerprint density at radius 3 is 2.94 bits per heavy atom. The minimum atomic E-state index is -1.15. The number of hydrogen-bond donors (Lipinski definition) is 1.